The Morgan fingerprint density at radius 2 is 2.04 bits per heavy atom. The summed E-state index contributed by atoms with van der Waals surface area (Å²) in [6, 6.07) is 7.05. The average Bonchev–Trinajstić information content (AvgIpc) is 2.48. The number of nitrogens with zero attached hydrogens (tertiary/aromatic N) is 2. The Kier molecular flexibility index (Phi) is 4.99. The summed E-state index contributed by atoms with van der Waals surface area (Å²) in [6.07, 6.45) is -1.82. The molecule has 6 nitrogen and oxygen atoms in total. The molecule has 0 spiro atoms. The number of alkyl halides is 3. The van der Waals surface area contributed by atoms with Crippen molar-refractivity contribution < 1.29 is 22.7 Å². The van der Waals surface area contributed by atoms with Crippen LogP contribution in [0, 0.1) is 0 Å². The van der Waals surface area contributed by atoms with E-state index < -0.39 is 18.7 Å². The summed E-state index contributed by atoms with van der Waals surface area (Å²) >= 11 is 0. The van der Waals surface area contributed by atoms with E-state index in [-0.39, 0.29) is 23.7 Å². The van der Waals surface area contributed by atoms with Gasteiger partial charge in [-0.1, -0.05) is 6.07 Å². The molecule has 122 valence electrons. The molecule has 1 amide bonds. The van der Waals surface area contributed by atoms with Crippen molar-refractivity contribution in [2.45, 2.75) is 12.7 Å². The van der Waals surface area contributed by atoms with Crippen LogP contribution in [0.1, 0.15) is 0 Å². The van der Waals surface area contributed by atoms with Crippen molar-refractivity contribution in [3.8, 4) is 5.88 Å². The molecule has 0 bridgehead atoms. The lowest BCUT2D eigenvalue weighted by Gasteiger charge is -2.09. The monoisotopic (exact) mass is 327 g/mol. The highest BCUT2D eigenvalue weighted by Crippen LogP contribution is 2.17. The van der Waals surface area contributed by atoms with E-state index in [9.17, 15) is 22.8 Å². The van der Waals surface area contributed by atoms with Crippen LogP contribution >= 0.6 is 0 Å². The molecular weight excluding hydrogens is 315 g/mol. The fraction of sp³-hybridized carbons (Fsp3) is 0.214. The van der Waals surface area contributed by atoms with Gasteiger partial charge in [-0.15, -0.1) is 0 Å². The first kappa shape index (κ1) is 16.5. The number of hydrogen-bond donors (Lipinski definition) is 1. The normalized spacial score (nSPS) is 11.1. The third-order valence-corrected chi connectivity index (χ3v) is 2.62. The minimum atomic E-state index is -4.45. The number of pyridine rings is 2. The Hall–Kier alpha value is -2.84. The van der Waals surface area contributed by atoms with Gasteiger partial charge in [-0.05, 0) is 12.1 Å². The fourth-order valence-electron chi connectivity index (χ4n) is 1.64. The van der Waals surface area contributed by atoms with Gasteiger partial charge in [-0.25, -0.2) is 4.98 Å². The maximum Gasteiger partial charge on any atom is 0.422 e. The van der Waals surface area contributed by atoms with Crippen LogP contribution in [0.5, 0.6) is 5.88 Å². The maximum absolute atomic E-state index is 12.0. The summed E-state index contributed by atoms with van der Waals surface area (Å²) in [5, 5.41) is 2.48. The zero-order valence-corrected chi connectivity index (χ0v) is 11.7. The number of amides is 1. The van der Waals surface area contributed by atoms with Gasteiger partial charge in [0.1, 0.15) is 6.54 Å². The van der Waals surface area contributed by atoms with Crippen LogP contribution in [0.2, 0.25) is 0 Å². The van der Waals surface area contributed by atoms with Crippen molar-refractivity contribution in [3.05, 3.63) is 53.1 Å². The second-order valence-electron chi connectivity index (χ2n) is 4.50. The average molecular weight is 327 g/mol. The number of halogens is 3. The predicted molar refractivity (Wildman–Crippen MR) is 75.1 cm³/mol. The molecule has 0 fully saturated rings. The standard InChI is InChI=1S/C14H12F3N3O3/c15-14(16,17)9-23-12-5-4-10(7-18-12)19-11(21)8-20-6-2-1-3-13(20)22/h1-7H,8-9H2,(H,19,21). The second kappa shape index (κ2) is 6.95. The van der Waals surface area contributed by atoms with Crippen LogP contribution in [0.4, 0.5) is 18.9 Å². The van der Waals surface area contributed by atoms with Crippen molar-refractivity contribution in [1.29, 1.82) is 0 Å². The van der Waals surface area contributed by atoms with E-state index >= 15 is 0 Å². The van der Waals surface area contributed by atoms with Crippen molar-refractivity contribution in [3.63, 3.8) is 0 Å². The third-order valence-electron chi connectivity index (χ3n) is 2.62. The summed E-state index contributed by atoms with van der Waals surface area (Å²) in [5.41, 5.74) is -0.0463. The smallest absolute Gasteiger partial charge is 0.422 e. The molecule has 0 saturated heterocycles. The van der Waals surface area contributed by atoms with Gasteiger partial charge >= 0.3 is 6.18 Å². The lowest BCUT2D eigenvalue weighted by molar-refractivity contribution is -0.154. The number of rotatable bonds is 5. The number of carbonyl (C=O) groups excluding carboxylic acids is 1. The minimum Gasteiger partial charge on any atom is -0.468 e. The van der Waals surface area contributed by atoms with Gasteiger partial charge < -0.3 is 14.6 Å². The SMILES string of the molecule is O=C(Cn1ccccc1=O)Nc1ccc(OCC(F)(F)F)nc1. The van der Waals surface area contributed by atoms with Crippen LogP contribution in [-0.2, 0) is 11.3 Å². The Bertz CT molecular complexity index is 726. The van der Waals surface area contributed by atoms with E-state index in [1.807, 2.05) is 0 Å². The summed E-state index contributed by atoms with van der Waals surface area (Å²) in [5.74, 6) is -0.677. The lowest BCUT2D eigenvalue weighted by atomic mass is 10.4. The van der Waals surface area contributed by atoms with E-state index in [1.165, 1.54) is 29.0 Å². The third kappa shape index (κ3) is 5.46. The largest absolute Gasteiger partial charge is 0.468 e. The molecule has 0 aromatic carbocycles. The van der Waals surface area contributed by atoms with E-state index in [1.54, 1.807) is 12.1 Å². The molecule has 2 heterocycles. The van der Waals surface area contributed by atoms with Crippen LogP contribution in [-0.4, -0.2) is 28.2 Å². The van der Waals surface area contributed by atoms with Gasteiger partial charge in [0.05, 0.1) is 11.9 Å². The summed E-state index contributed by atoms with van der Waals surface area (Å²) in [4.78, 5) is 26.9. The highest BCUT2D eigenvalue weighted by molar-refractivity contribution is 5.90. The lowest BCUT2D eigenvalue weighted by Crippen LogP contribution is -2.26. The van der Waals surface area contributed by atoms with E-state index in [0.29, 0.717) is 0 Å². The minimum absolute atomic E-state index is 0.188. The summed E-state index contributed by atoms with van der Waals surface area (Å²) < 4.78 is 41.6. The number of nitrogens with one attached hydrogen (secondary N) is 1. The predicted octanol–water partition coefficient (Wildman–Crippen LogP) is 1.82. The first-order valence-electron chi connectivity index (χ1n) is 6.44. The molecule has 0 aliphatic carbocycles. The Morgan fingerprint density at radius 3 is 2.65 bits per heavy atom. The Labute approximate surface area is 128 Å². The molecule has 2 rings (SSSR count). The Morgan fingerprint density at radius 1 is 1.26 bits per heavy atom. The molecule has 2 aromatic heterocycles. The molecule has 9 heteroatoms. The number of aromatic nitrogens is 2. The first-order valence-corrected chi connectivity index (χ1v) is 6.44. The van der Waals surface area contributed by atoms with Crippen LogP contribution in [0.25, 0.3) is 0 Å². The van der Waals surface area contributed by atoms with Gasteiger partial charge in [-0.2, -0.15) is 13.2 Å². The van der Waals surface area contributed by atoms with E-state index in [2.05, 4.69) is 15.0 Å². The van der Waals surface area contributed by atoms with Crippen molar-refractivity contribution in [1.82, 2.24) is 9.55 Å². The van der Waals surface area contributed by atoms with Gasteiger partial charge in [0.2, 0.25) is 11.8 Å². The number of hydrogen-bond acceptors (Lipinski definition) is 4. The van der Waals surface area contributed by atoms with E-state index in [4.69, 9.17) is 0 Å². The number of anilines is 1. The first-order chi connectivity index (χ1) is 10.8. The molecule has 0 saturated carbocycles. The number of ether oxygens (including phenoxy) is 1. The summed E-state index contributed by atoms with van der Waals surface area (Å²) in [6.45, 7) is -1.63. The molecule has 2 aromatic rings. The van der Waals surface area contributed by atoms with Gasteiger partial charge in [0.25, 0.3) is 5.56 Å². The van der Waals surface area contributed by atoms with Crippen LogP contribution < -0.4 is 15.6 Å². The molecule has 23 heavy (non-hydrogen) atoms. The second-order valence-corrected chi connectivity index (χ2v) is 4.50. The van der Waals surface area contributed by atoms with Crippen molar-refractivity contribution in [2.75, 3.05) is 11.9 Å². The van der Waals surface area contributed by atoms with Crippen molar-refractivity contribution >= 4 is 11.6 Å². The summed E-state index contributed by atoms with van der Waals surface area (Å²) in [7, 11) is 0. The van der Waals surface area contributed by atoms with Gasteiger partial charge in [0, 0.05) is 18.3 Å². The molecule has 0 unspecified atom stereocenters. The van der Waals surface area contributed by atoms with Gasteiger partial charge in [0.15, 0.2) is 6.61 Å². The van der Waals surface area contributed by atoms with Crippen LogP contribution in [0.15, 0.2) is 47.5 Å². The Balaban J connectivity index is 1.92. The molecule has 0 aliphatic heterocycles. The molecule has 0 atom stereocenters. The van der Waals surface area contributed by atoms with Crippen LogP contribution in [0.3, 0.4) is 0 Å². The van der Waals surface area contributed by atoms with Crippen molar-refractivity contribution in [2.24, 2.45) is 0 Å². The topological polar surface area (TPSA) is 73.2 Å². The number of carbonyl (C=O) groups is 1. The zero-order chi connectivity index (χ0) is 16.9. The highest BCUT2D eigenvalue weighted by Gasteiger charge is 2.28. The molecule has 0 radical (unpaired) electrons. The molecular formula is C14H12F3N3O3. The van der Waals surface area contributed by atoms with E-state index in [0.717, 1.165) is 6.20 Å². The maximum atomic E-state index is 12.0. The fourth-order valence-corrected chi connectivity index (χ4v) is 1.64. The molecule has 0 aliphatic rings. The van der Waals surface area contributed by atoms with Gasteiger partial charge in [-0.3, -0.25) is 9.59 Å². The molecule has 1 N–H and O–H groups in total. The zero-order valence-electron chi connectivity index (χ0n) is 11.7. The highest BCUT2D eigenvalue weighted by atomic mass is 19.4. The quantitative estimate of drug-likeness (QED) is 0.909.